The predicted octanol–water partition coefficient (Wildman–Crippen LogP) is 1.77. The van der Waals surface area contributed by atoms with Gasteiger partial charge in [-0.05, 0) is 40.2 Å². The number of hydrogen-bond acceptors (Lipinski definition) is 5. The molecule has 0 bridgehead atoms. The first-order valence-corrected chi connectivity index (χ1v) is 8.90. The molecule has 1 aliphatic carbocycles. The van der Waals surface area contributed by atoms with Crippen LogP contribution in [0.4, 0.5) is 0 Å². The minimum Gasteiger partial charge on any atom is -0.307 e. The summed E-state index contributed by atoms with van der Waals surface area (Å²) in [5, 5.41) is 3.82. The number of aryl methyl sites for hydroxylation is 2. The third-order valence-corrected chi connectivity index (χ3v) is 6.88. The van der Waals surface area contributed by atoms with E-state index in [1.165, 1.54) is 11.1 Å². The van der Waals surface area contributed by atoms with Gasteiger partial charge in [0.2, 0.25) is 0 Å². The topological polar surface area (TPSA) is 59.1 Å². The van der Waals surface area contributed by atoms with E-state index in [1.54, 1.807) is 11.3 Å². The van der Waals surface area contributed by atoms with Gasteiger partial charge < -0.3 is 5.32 Å². The summed E-state index contributed by atoms with van der Waals surface area (Å²) in [5.41, 5.74) is 0.515. The molecule has 1 fully saturated rings. The molecule has 6 heteroatoms. The molecule has 4 nitrogen and oxygen atoms in total. The molecule has 0 aliphatic heterocycles. The van der Waals surface area contributed by atoms with Crippen LogP contribution in [-0.4, -0.2) is 32.0 Å². The van der Waals surface area contributed by atoms with Gasteiger partial charge >= 0.3 is 0 Å². The first kappa shape index (κ1) is 14.0. The Balaban J connectivity index is 2.54. The minimum absolute atomic E-state index is 0.361. The average Bonchev–Trinajstić information content (AvgIpc) is 2.83. The number of rotatable bonds is 3. The van der Waals surface area contributed by atoms with Crippen LogP contribution in [0.25, 0.3) is 0 Å². The van der Waals surface area contributed by atoms with Crippen molar-refractivity contribution in [1.29, 1.82) is 0 Å². The number of nitrogens with zero attached hydrogens (tertiary/aromatic N) is 1. The SMILES string of the molecule is CNC1(c2nc(C)c(C)s2)CCCC1S(C)(=O)=O. The van der Waals surface area contributed by atoms with Gasteiger partial charge in [0.05, 0.1) is 16.5 Å². The van der Waals surface area contributed by atoms with Crippen molar-refractivity contribution >= 4 is 21.2 Å². The van der Waals surface area contributed by atoms with E-state index < -0.39 is 15.4 Å². The fourth-order valence-corrected chi connectivity index (χ4v) is 5.80. The summed E-state index contributed by atoms with van der Waals surface area (Å²) in [5.74, 6) is 0. The van der Waals surface area contributed by atoms with E-state index in [4.69, 9.17) is 0 Å². The summed E-state index contributed by atoms with van der Waals surface area (Å²) in [6.07, 6.45) is 3.82. The maximum absolute atomic E-state index is 12.0. The van der Waals surface area contributed by atoms with Crippen molar-refractivity contribution in [3.05, 3.63) is 15.6 Å². The van der Waals surface area contributed by atoms with Crippen LogP contribution in [0.15, 0.2) is 0 Å². The predicted molar refractivity (Wildman–Crippen MR) is 74.8 cm³/mol. The lowest BCUT2D eigenvalue weighted by Crippen LogP contribution is -2.49. The highest BCUT2D eigenvalue weighted by atomic mass is 32.2. The summed E-state index contributed by atoms with van der Waals surface area (Å²) in [6, 6.07) is 0. The second-order valence-corrected chi connectivity index (χ2v) is 8.52. The number of aromatic nitrogens is 1. The van der Waals surface area contributed by atoms with Crippen molar-refractivity contribution in [1.82, 2.24) is 10.3 Å². The van der Waals surface area contributed by atoms with E-state index in [9.17, 15) is 8.42 Å². The molecule has 0 aromatic carbocycles. The highest BCUT2D eigenvalue weighted by molar-refractivity contribution is 7.91. The van der Waals surface area contributed by atoms with E-state index >= 15 is 0 Å². The first-order chi connectivity index (χ1) is 8.31. The monoisotopic (exact) mass is 288 g/mol. The maximum atomic E-state index is 12.0. The van der Waals surface area contributed by atoms with Crippen LogP contribution in [0.2, 0.25) is 0 Å². The van der Waals surface area contributed by atoms with Gasteiger partial charge in [-0.25, -0.2) is 13.4 Å². The Morgan fingerprint density at radius 2 is 2.11 bits per heavy atom. The zero-order chi connectivity index (χ0) is 13.6. The third kappa shape index (κ3) is 2.10. The Kier molecular flexibility index (Phi) is 3.55. The zero-order valence-corrected chi connectivity index (χ0v) is 12.9. The molecule has 1 aromatic heterocycles. The average molecular weight is 288 g/mol. The molecule has 102 valence electrons. The quantitative estimate of drug-likeness (QED) is 0.921. The number of nitrogens with one attached hydrogen (secondary N) is 1. The molecule has 1 heterocycles. The van der Waals surface area contributed by atoms with Crippen molar-refractivity contribution in [2.24, 2.45) is 0 Å². The standard InChI is InChI=1S/C12H20N2O2S2/c1-8-9(2)17-11(14-8)12(13-3)7-5-6-10(12)18(4,15)16/h10,13H,5-7H2,1-4H3. The van der Waals surface area contributed by atoms with Crippen molar-refractivity contribution in [3.8, 4) is 0 Å². The second-order valence-electron chi connectivity index (χ2n) is 5.09. The largest absolute Gasteiger partial charge is 0.307 e. The maximum Gasteiger partial charge on any atom is 0.152 e. The molecule has 0 amide bonds. The smallest absolute Gasteiger partial charge is 0.152 e. The van der Waals surface area contributed by atoms with Crippen molar-refractivity contribution < 1.29 is 8.42 Å². The lowest BCUT2D eigenvalue weighted by atomic mass is 9.98. The molecule has 2 rings (SSSR count). The highest BCUT2D eigenvalue weighted by Gasteiger charge is 2.50. The molecule has 0 spiro atoms. The van der Waals surface area contributed by atoms with E-state index in [2.05, 4.69) is 10.3 Å². The fraction of sp³-hybridized carbons (Fsp3) is 0.750. The van der Waals surface area contributed by atoms with Gasteiger partial charge in [-0.1, -0.05) is 0 Å². The number of sulfone groups is 1. The van der Waals surface area contributed by atoms with Gasteiger partial charge in [0.15, 0.2) is 9.84 Å². The molecule has 1 saturated carbocycles. The van der Waals surface area contributed by atoms with Gasteiger partial charge in [0.1, 0.15) is 5.01 Å². The summed E-state index contributed by atoms with van der Waals surface area (Å²) >= 11 is 1.62. The van der Waals surface area contributed by atoms with Crippen LogP contribution in [0, 0.1) is 13.8 Å². The summed E-state index contributed by atoms with van der Waals surface area (Å²) < 4.78 is 24.0. The Hall–Kier alpha value is -0.460. The van der Waals surface area contributed by atoms with Crippen LogP contribution in [0.3, 0.4) is 0 Å². The lowest BCUT2D eigenvalue weighted by molar-refractivity contribution is 0.369. The molecule has 0 radical (unpaired) electrons. The van der Waals surface area contributed by atoms with Crippen molar-refractivity contribution in [2.45, 2.75) is 43.9 Å². The second kappa shape index (κ2) is 4.58. The van der Waals surface area contributed by atoms with Crippen LogP contribution in [0.5, 0.6) is 0 Å². The van der Waals surface area contributed by atoms with E-state index in [0.717, 1.165) is 30.0 Å². The van der Waals surface area contributed by atoms with Crippen LogP contribution >= 0.6 is 11.3 Å². The van der Waals surface area contributed by atoms with Gasteiger partial charge in [0.25, 0.3) is 0 Å². The molecule has 0 saturated heterocycles. The van der Waals surface area contributed by atoms with E-state index in [1.807, 2.05) is 20.9 Å². The molecule has 18 heavy (non-hydrogen) atoms. The third-order valence-electron chi connectivity index (χ3n) is 3.96. The van der Waals surface area contributed by atoms with Crippen molar-refractivity contribution in [3.63, 3.8) is 0 Å². The number of hydrogen-bond donors (Lipinski definition) is 1. The van der Waals surface area contributed by atoms with Gasteiger partial charge in [-0.2, -0.15) is 0 Å². The van der Waals surface area contributed by atoms with Gasteiger partial charge in [-0.15, -0.1) is 11.3 Å². The van der Waals surface area contributed by atoms with E-state index in [0.29, 0.717) is 0 Å². The van der Waals surface area contributed by atoms with Crippen LogP contribution in [-0.2, 0) is 15.4 Å². The molecular formula is C12H20N2O2S2. The summed E-state index contributed by atoms with van der Waals surface area (Å²) in [6.45, 7) is 4.01. The highest BCUT2D eigenvalue weighted by Crippen LogP contribution is 2.44. The van der Waals surface area contributed by atoms with E-state index in [-0.39, 0.29) is 5.25 Å². The Bertz CT molecular complexity index is 531. The first-order valence-electron chi connectivity index (χ1n) is 6.13. The van der Waals surface area contributed by atoms with Crippen LogP contribution < -0.4 is 5.32 Å². The Labute approximate surface area is 113 Å². The molecule has 1 N–H and O–H groups in total. The molecule has 2 atom stereocenters. The number of thiazole rings is 1. The fourth-order valence-electron chi connectivity index (χ4n) is 2.85. The minimum atomic E-state index is -3.07. The molecule has 1 aliphatic rings. The Morgan fingerprint density at radius 3 is 2.56 bits per heavy atom. The van der Waals surface area contributed by atoms with Gasteiger partial charge in [-0.3, -0.25) is 0 Å². The van der Waals surface area contributed by atoms with Gasteiger partial charge in [0, 0.05) is 11.1 Å². The summed E-state index contributed by atoms with van der Waals surface area (Å²) in [4.78, 5) is 5.76. The summed E-state index contributed by atoms with van der Waals surface area (Å²) in [7, 11) is -1.23. The lowest BCUT2D eigenvalue weighted by Gasteiger charge is -2.32. The van der Waals surface area contributed by atoms with Crippen LogP contribution in [0.1, 0.15) is 34.8 Å². The normalized spacial score (nSPS) is 28.8. The molecule has 2 unspecified atom stereocenters. The molecule has 1 aromatic rings. The Morgan fingerprint density at radius 1 is 1.44 bits per heavy atom. The van der Waals surface area contributed by atoms with Crippen molar-refractivity contribution in [2.75, 3.05) is 13.3 Å². The zero-order valence-electron chi connectivity index (χ0n) is 11.3. The molecular weight excluding hydrogens is 268 g/mol.